The van der Waals surface area contributed by atoms with Gasteiger partial charge in [0.2, 0.25) is 5.91 Å². The molecule has 4 rings (SSSR count). The molecule has 2 aromatic carbocycles. The van der Waals surface area contributed by atoms with Crippen LogP contribution in [0.1, 0.15) is 17.9 Å². The van der Waals surface area contributed by atoms with Crippen molar-refractivity contribution in [3.63, 3.8) is 0 Å². The van der Waals surface area contributed by atoms with Crippen LogP contribution in [0.25, 0.3) is 0 Å². The van der Waals surface area contributed by atoms with E-state index in [9.17, 15) is 14.0 Å². The monoisotopic (exact) mass is 369 g/mol. The maximum absolute atomic E-state index is 13.6. The molecule has 1 atom stereocenters. The summed E-state index contributed by atoms with van der Waals surface area (Å²) in [4.78, 5) is 27.8. The summed E-state index contributed by atoms with van der Waals surface area (Å²) in [5, 5.41) is 0. The Balaban J connectivity index is 1.80. The number of amides is 1. The quantitative estimate of drug-likeness (QED) is 0.609. The number of carbonyl (C=O) groups excluding carboxylic acids is 2. The van der Waals surface area contributed by atoms with Crippen LogP contribution in [0.4, 0.5) is 10.1 Å². The highest BCUT2D eigenvalue weighted by Gasteiger charge is 2.42. The number of nitrogens with zero attached hydrogens (tertiary/aromatic N) is 1. The first-order valence-electron chi connectivity index (χ1n) is 8.21. The Bertz CT molecular complexity index is 923. The van der Waals surface area contributed by atoms with Crippen molar-refractivity contribution in [2.45, 2.75) is 17.2 Å². The second-order valence-electron chi connectivity index (χ2n) is 6.18. The van der Waals surface area contributed by atoms with Gasteiger partial charge in [0.05, 0.1) is 17.0 Å². The number of hydrogen-bond acceptors (Lipinski definition) is 4. The second-order valence-corrected chi connectivity index (χ2v) is 7.06. The highest BCUT2D eigenvalue weighted by Crippen LogP contribution is 2.42. The van der Waals surface area contributed by atoms with Crippen molar-refractivity contribution >= 4 is 29.3 Å². The molecule has 2 aliphatic heterocycles. The Morgan fingerprint density at radius 3 is 2.62 bits per heavy atom. The molecule has 0 N–H and O–H groups in total. The summed E-state index contributed by atoms with van der Waals surface area (Å²) < 4.78 is 18.9. The van der Waals surface area contributed by atoms with Gasteiger partial charge in [-0.05, 0) is 42.2 Å². The molecule has 132 valence electrons. The number of ether oxygens (including phenoxy) is 1. The lowest BCUT2D eigenvalue weighted by molar-refractivity contribution is -0.136. The highest BCUT2D eigenvalue weighted by molar-refractivity contribution is 7.98. The first-order valence-corrected chi connectivity index (χ1v) is 9.43. The van der Waals surface area contributed by atoms with Gasteiger partial charge in [0.1, 0.15) is 12.4 Å². The lowest BCUT2D eigenvalue weighted by Crippen LogP contribution is -2.37. The van der Waals surface area contributed by atoms with Crippen molar-refractivity contribution in [1.29, 1.82) is 0 Å². The summed E-state index contributed by atoms with van der Waals surface area (Å²) in [5.74, 6) is -1.36. The number of benzene rings is 2. The van der Waals surface area contributed by atoms with E-state index >= 15 is 0 Å². The van der Waals surface area contributed by atoms with Crippen molar-refractivity contribution in [3.8, 4) is 0 Å². The number of rotatable bonds is 3. The van der Waals surface area contributed by atoms with Crippen molar-refractivity contribution < 1.29 is 18.7 Å². The van der Waals surface area contributed by atoms with Gasteiger partial charge in [-0.25, -0.2) is 9.18 Å². The van der Waals surface area contributed by atoms with E-state index in [1.54, 1.807) is 23.9 Å². The number of anilines is 1. The zero-order valence-electron chi connectivity index (χ0n) is 14.1. The van der Waals surface area contributed by atoms with Gasteiger partial charge >= 0.3 is 5.97 Å². The minimum Gasteiger partial charge on any atom is -0.456 e. The third kappa shape index (κ3) is 2.80. The largest absolute Gasteiger partial charge is 0.456 e. The highest BCUT2D eigenvalue weighted by atomic mass is 32.2. The van der Waals surface area contributed by atoms with E-state index in [2.05, 4.69) is 0 Å². The summed E-state index contributed by atoms with van der Waals surface area (Å²) in [6.07, 6.45) is 2.13. The van der Waals surface area contributed by atoms with Crippen LogP contribution in [0.5, 0.6) is 0 Å². The fraction of sp³-hybridized carbons (Fsp3) is 0.200. The molecule has 26 heavy (non-hydrogen) atoms. The first-order chi connectivity index (χ1) is 12.6. The topological polar surface area (TPSA) is 46.6 Å². The molecule has 6 heteroatoms. The minimum absolute atomic E-state index is 0.0236. The van der Waals surface area contributed by atoms with Crippen LogP contribution in [-0.2, 0) is 14.3 Å². The summed E-state index contributed by atoms with van der Waals surface area (Å²) in [5.41, 5.74) is 2.32. The van der Waals surface area contributed by atoms with Crippen LogP contribution in [-0.4, -0.2) is 24.7 Å². The van der Waals surface area contributed by atoms with Gasteiger partial charge in [0.15, 0.2) is 0 Å². The van der Waals surface area contributed by atoms with E-state index in [0.29, 0.717) is 17.0 Å². The van der Waals surface area contributed by atoms with E-state index in [1.165, 1.54) is 17.0 Å². The number of cyclic esters (lactones) is 1. The summed E-state index contributed by atoms with van der Waals surface area (Å²) in [6.45, 7) is 0.0236. The van der Waals surface area contributed by atoms with Gasteiger partial charge in [0, 0.05) is 17.2 Å². The maximum Gasteiger partial charge on any atom is 0.336 e. The van der Waals surface area contributed by atoms with Crippen LogP contribution in [0, 0.1) is 5.82 Å². The van der Waals surface area contributed by atoms with Crippen molar-refractivity contribution in [2.75, 3.05) is 17.8 Å². The number of hydrogen-bond donors (Lipinski definition) is 0. The predicted octanol–water partition coefficient (Wildman–Crippen LogP) is 3.88. The van der Waals surface area contributed by atoms with Gasteiger partial charge in [0.25, 0.3) is 0 Å². The van der Waals surface area contributed by atoms with Crippen LogP contribution < -0.4 is 4.90 Å². The molecule has 2 aromatic rings. The molecule has 2 aliphatic rings. The molecule has 0 aromatic heterocycles. The average Bonchev–Trinajstić information content (AvgIpc) is 3.02. The fourth-order valence-corrected chi connectivity index (χ4v) is 3.90. The normalized spacial score (nSPS) is 19.6. The van der Waals surface area contributed by atoms with Gasteiger partial charge in [-0.15, -0.1) is 11.8 Å². The Labute approximate surface area is 154 Å². The Morgan fingerprint density at radius 2 is 1.92 bits per heavy atom. The van der Waals surface area contributed by atoms with Crippen molar-refractivity contribution in [1.82, 2.24) is 0 Å². The third-order valence-electron chi connectivity index (χ3n) is 4.70. The third-order valence-corrected chi connectivity index (χ3v) is 5.45. The zero-order chi connectivity index (χ0) is 18.3. The smallest absolute Gasteiger partial charge is 0.336 e. The standard InChI is InChI=1S/C20H16FNO3S/c1-26-15-7-5-12(6-8-15)16-10-18(23)22(14-4-2-3-13(21)9-14)17-11-25-20(24)19(16)17/h2-9,16H,10-11H2,1H3/t16-/m1/s1. The number of carbonyl (C=O) groups is 2. The van der Waals surface area contributed by atoms with Crippen LogP contribution in [0.2, 0.25) is 0 Å². The summed E-state index contributed by atoms with van der Waals surface area (Å²) in [7, 11) is 0. The molecule has 0 aliphatic carbocycles. The zero-order valence-corrected chi connectivity index (χ0v) is 14.9. The van der Waals surface area contributed by atoms with E-state index in [-0.39, 0.29) is 24.9 Å². The van der Waals surface area contributed by atoms with E-state index < -0.39 is 11.8 Å². The summed E-state index contributed by atoms with van der Waals surface area (Å²) in [6, 6.07) is 13.6. The van der Waals surface area contributed by atoms with Crippen molar-refractivity contribution in [3.05, 3.63) is 71.2 Å². The molecule has 0 spiro atoms. The van der Waals surface area contributed by atoms with Gasteiger partial charge in [-0.2, -0.15) is 0 Å². The Kier molecular flexibility index (Phi) is 4.28. The van der Waals surface area contributed by atoms with Crippen LogP contribution >= 0.6 is 11.8 Å². The molecule has 0 radical (unpaired) electrons. The molecule has 0 bridgehead atoms. The minimum atomic E-state index is -0.433. The summed E-state index contributed by atoms with van der Waals surface area (Å²) >= 11 is 1.63. The molecule has 0 saturated carbocycles. The van der Waals surface area contributed by atoms with E-state index in [4.69, 9.17) is 4.74 Å². The van der Waals surface area contributed by atoms with Gasteiger partial charge in [-0.1, -0.05) is 18.2 Å². The molecular formula is C20H16FNO3S. The second kappa shape index (κ2) is 6.61. The fourth-order valence-electron chi connectivity index (χ4n) is 3.49. The Morgan fingerprint density at radius 1 is 1.15 bits per heavy atom. The number of esters is 1. The molecule has 0 fully saturated rings. The molecule has 0 saturated heterocycles. The number of halogens is 1. The molecule has 4 nitrogen and oxygen atoms in total. The predicted molar refractivity (Wildman–Crippen MR) is 97.5 cm³/mol. The van der Waals surface area contributed by atoms with E-state index in [1.807, 2.05) is 30.5 Å². The van der Waals surface area contributed by atoms with Crippen molar-refractivity contribution in [2.24, 2.45) is 0 Å². The maximum atomic E-state index is 13.6. The van der Waals surface area contributed by atoms with Gasteiger partial charge < -0.3 is 4.74 Å². The SMILES string of the molecule is CSc1ccc([C@H]2CC(=O)N(c3cccc(F)c3)C3=C2C(=O)OC3)cc1. The van der Waals surface area contributed by atoms with Crippen LogP contribution in [0.3, 0.4) is 0 Å². The first kappa shape index (κ1) is 16.8. The molecular weight excluding hydrogens is 353 g/mol. The molecule has 0 unspecified atom stereocenters. The lowest BCUT2D eigenvalue weighted by atomic mass is 9.84. The molecule has 1 amide bonds. The molecule has 2 heterocycles. The van der Waals surface area contributed by atoms with Crippen LogP contribution in [0.15, 0.2) is 64.7 Å². The number of thioether (sulfide) groups is 1. The average molecular weight is 369 g/mol. The Hall–Kier alpha value is -2.60. The van der Waals surface area contributed by atoms with Gasteiger partial charge in [-0.3, -0.25) is 9.69 Å². The van der Waals surface area contributed by atoms with E-state index in [0.717, 1.165) is 10.5 Å². The lowest BCUT2D eigenvalue weighted by Gasteiger charge is -2.31.